The Hall–Kier alpha value is -13.4. The molecule has 648 valence electrons. The minimum atomic E-state index is -0.441. The molecule has 0 radical (unpaired) electrons. The third kappa shape index (κ3) is 22.8. The van der Waals surface area contributed by atoms with Crippen LogP contribution in [-0.4, -0.2) is 230 Å². The summed E-state index contributed by atoms with van der Waals surface area (Å²) >= 11 is 0. The Labute approximate surface area is 732 Å². The summed E-state index contributed by atoms with van der Waals surface area (Å²) in [6.45, 7) is 14.5. The van der Waals surface area contributed by atoms with Crippen molar-refractivity contribution in [3.63, 3.8) is 0 Å². The van der Waals surface area contributed by atoms with Crippen molar-refractivity contribution < 1.29 is 56.1 Å². The Morgan fingerprint density at radius 3 is 0.905 bits per heavy atom. The number of carbonyl (C=O) groups is 3. The smallest absolute Gasteiger partial charge is 0.416 e. The summed E-state index contributed by atoms with van der Waals surface area (Å²) in [7, 11) is 5.31. The molecular weight excluding hydrogens is 1590 g/mol. The van der Waals surface area contributed by atoms with Crippen molar-refractivity contribution in [3.8, 4) is 51.4 Å². The average molecular weight is 1700 g/mol. The number of likely N-dealkylation sites (N-methyl/N-ethyl adjacent to an activating group) is 1. The van der Waals surface area contributed by atoms with Crippen LogP contribution in [0.4, 0.5) is 14.4 Å². The van der Waals surface area contributed by atoms with Gasteiger partial charge in [0.25, 0.3) is 0 Å². The summed E-state index contributed by atoms with van der Waals surface area (Å²) in [6.07, 6.45) is 14.9. The highest BCUT2D eigenvalue weighted by Crippen LogP contribution is 2.35. The van der Waals surface area contributed by atoms with Gasteiger partial charge in [0.1, 0.15) is 34.4 Å². The van der Waals surface area contributed by atoms with Gasteiger partial charge in [-0.15, -0.1) is 0 Å². The lowest BCUT2D eigenvalue weighted by atomic mass is 10.1. The van der Waals surface area contributed by atoms with Crippen molar-refractivity contribution in [2.75, 3.05) is 139 Å². The van der Waals surface area contributed by atoms with Gasteiger partial charge in [-0.25, -0.2) is 44.3 Å². The number of rotatable bonds is 30. The Kier molecular flexibility index (Phi) is 29.2. The first kappa shape index (κ1) is 86.1. The highest BCUT2D eigenvalue weighted by molar-refractivity contribution is 5.74. The summed E-state index contributed by atoms with van der Waals surface area (Å²) in [5.74, 6) is 3.32. The number of hydrogen-bond acceptors (Lipinski definition) is 21. The van der Waals surface area contributed by atoms with Gasteiger partial charge in [-0.3, -0.25) is 27.9 Å². The maximum Gasteiger partial charge on any atom is 0.416 e. The number of ether oxygens (including phenoxy) is 6. The van der Waals surface area contributed by atoms with Crippen molar-refractivity contribution >= 4 is 35.2 Å². The largest absolute Gasteiger partial charge is 0.469 e. The molecule has 3 aliphatic rings. The number of fused-ring (bicyclic) bond motifs is 3. The first-order chi connectivity index (χ1) is 61.9. The number of carbonyl (C=O) groups excluding carboxylic acids is 3. The number of amides is 3. The second kappa shape index (κ2) is 42.8. The summed E-state index contributed by atoms with van der Waals surface area (Å²) in [6, 6.07) is 71.8. The summed E-state index contributed by atoms with van der Waals surface area (Å²) in [5, 5.41) is 0. The molecule has 3 aliphatic heterocycles. The van der Waals surface area contributed by atoms with Gasteiger partial charge in [0.15, 0.2) is 16.9 Å². The molecule has 9 aromatic heterocycles. The normalized spacial score (nSPS) is 13.8. The van der Waals surface area contributed by atoms with Gasteiger partial charge in [-0.1, -0.05) is 182 Å². The zero-order valence-corrected chi connectivity index (χ0v) is 71.4. The van der Waals surface area contributed by atoms with Crippen molar-refractivity contribution in [2.24, 2.45) is 0 Å². The lowest BCUT2D eigenvalue weighted by molar-refractivity contribution is 0.0348. The van der Waals surface area contributed by atoms with Crippen LogP contribution < -0.4 is 14.2 Å². The summed E-state index contributed by atoms with van der Waals surface area (Å²) in [5.41, 5.74) is 14.7. The molecule has 12 heterocycles. The van der Waals surface area contributed by atoms with Gasteiger partial charge in [0.2, 0.25) is 17.6 Å². The number of nitrogens with zero attached hydrogens (tertiary/aromatic N) is 15. The maximum atomic E-state index is 13.4. The molecule has 0 atom stereocenters. The van der Waals surface area contributed by atoms with Crippen molar-refractivity contribution in [2.45, 2.75) is 57.8 Å². The minimum absolute atomic E-state index is 0.369. The molecule has 3 saturated heterocycles. The molecule has 3 fully saturated rings. The average Bonchev–Trinajstić information content (AvgIpc) is 1.63. The van der Waals surface area contributed by atoms with Gasteiger partial charge in [0, 0.05) is 148 Å². The van der Waals surface area contributed by atoms with E-state index >= 15 is 0 Å². The minimum Gasteiger partial charge on any atom is -0.469 e. The quantitative estimate of drug-likeness (QED) is 0.0379. The van der Waals surface area contributed by atoms with Crippen LogP contribution in [0.15, 0.2) is 269 Å². The molecule has 27 nitrogen and oxygen atoms in total. The monoisotopic (exact) mass is 1700 g/mol. The van der Waals surface area contributed by atoms with Crippen LogP contribution in [0.1, 0.15) is 87.4 Å². The molecule has 0 unspecified atom stereocenters. The molecule has 6 aromatic carbocycles. The van der Waals surface area contributed by atoms with E-state index in [1.54, 1.807) is 54.6 Å². The fraction of sp³-hybridized carbons (Fsp3) is 0.303. The van der Waals surface area contributed by atoms with E-state index in [1.165, 1.54) is 0 Å². The van der Waals surface area contributed by atoms with Crippen molar-refractivity contribution in [1.82, 2.24) is 72.5 Å². The summed E-state index contributed by atoms with van der Waals surface area (Å²) in [4.78, 5) is 82.2. The molecule has 0 saturated carbocycles. The predicted molar refractivity (Wildman–Crippen MR) is 479 cm³/mol. The van der Waals surface area contributed by atoms with Gasteiger partial charge in [0.05, 0.1) is 112 Å². The molecule has 0 bridgehead atoms. The van der Waals surface area contributed by atoms with E-state index in [0.717, 1.165) is 203 Å². The first-order valence-electron chi connectivity index (χ1n) is 43.2. The third-order valence-corrected chi connectivity index (χ3v) is 22.5. The zero-order valence-electron chi connectivity index (χ0n) is 71.4. The van der Waals surface area contributed by atoms with Crippen molar-refractivity contribution in [1.29, 1.82) is 0 Å². The van der Waals surface area contributed by atoms with Crippen LogP contribution in [0, 0.1) is 0 Å². The fourth-order valence-corrected chi connectivity index (χ4v) is 15.5. The number of imidazole rings is 3. The van der Waals surface area contributed by atoms with Gasteiger partial charge in [-0.05, 0) is 78.9 Å². The number of aromatic nitrogens is 9. The van der Waals surface area contributed by atoms with Gasteiger partial charge in [-0.2, -0.15) is 0 Å². The van der Waals surface area contributed by atoms with Crippen LogP contribution >= 0.6 is 0 Å². The van der Waals surface area contributed by atoms with E-state index < -0.39 is 18.3 Å². The Bertz CT molecular complexity index is 5950. The number of morpholine rings is 3. The van der Waals surface area contributed by atoms with E-state index in [2.05, 4.69) is 51.1 Å². The van der Waals surface area contributed by atoms with Crippen molar-refractivity contribution in [3.05, 3.63) is 324 Å². The highest BCUT2D eigenvalue weighted by atomic mass is 16.6. The molecule has 0 N–H and O–H groups in total. The molecule has 0 spiro atoms. The first-order valence-corrected chi connectivity index (χ1v) is 43.2. The second-order valence-corrected chi connectivity index (χ2v) is 31.5. The number of unbranched alkanes of at least 4 members (excludes halogenated alkanes) is 1. The van der Waals surface area contributed by atoms with Crippen LogP contribution in [0.2, 0.25) is 0 Å². The molecule has 18 rings (SSSR count). The second-order valence-electron chi connectivity index (χ2n) is 31.5. The van der Waals surface area contributed by atoms with Crippen LogP contribution in [0.5, 0.6) is 17.6 Å². The maximum absolute atomic E-state index is 13.4. The topological polar surface area (TPSA) is 256 Å². The van der Waals surface area contributed by atoms with E-state index in [-0.39, 0.29) is 0 Å². The Morgan fingerprint density at radius 2 is 0.595 bits per heavy atom. The van der Waals surface area contributed by atoms with Gasteiger partial charge < -0.3 is 56.4 Å². The standard InChI is InChI=1S/C34H37N5O4.C33H35N5O4.C32H33N5O4/c1-37(16-8-9-17-38-18-21-41-22-19-38)34(40)43-33-30(24-28-15-10-20-42-28)36-32-29(23-26-11-4-2-5-12-26)35-31(25-39(32)33)27-13-6-3-7-14-27;1-36(15-9-16-37-17-20-40-21-18-37)33(39)42-32-29(23-27-14-8-19-41-27)35-31-28(22-25-10-4-2-5-11-25)34-30(24-38(31)32)26-12-6-3-7-13-26;1-35(14-15-36-16-19-39-20-17-36)32(38)41-31-28(22-26-13-8-18-40-26)34-30-27(21-24-9-4-2-5-10-24)33-29(23-37(30)31)25-11-6-3-7-12-25/h2-7,10-15,20,25H,8-9,16-19,21-24H2,1H3;2-8,10-14,19,24H,9,15-18,20-23H2,1H3;2-13,18,23H,14-17,19-22H2,1H3. The van der Waals surface area contributed by atoms with E-state index in [1.807, 2.05) is 214 Å². The highest BCUT2D eigenvalue weighted by Gasteiger charge is 2.30. The Balaban J connectivity index is 0.000000139. The predicted octanol–water partition coefficient (Wildman–Crippen LogP) is 16.0. The van der Waals surface area contributed by atoms with E-state index in [0.29, 0.717) is 110 Å². The van der Waals surface area contributed by atoms with Crippen LogP contribution in [-0.2, 0) is 52.7 Å². The van der Waals surface area contributed by atoms with Crippen LogP contribution in [0.25, 0.3) is 50.7 Å². The molecule has 27 heteroatoms. The molecule has 0 aliphatic carbocycles. The lowest BCUT2D eigenvalue weighted by Crippen LogP contribution is -2.42. The SMILES string of the molecule is CN(CCCCN1CCOCC1)C(=O)Oc1c(Cc2ccco2)nc2c(Cc3ccccc3)nc(-c3ccccc3)cn12.CN(CCCN1CCOCC1)C(=O)Oc1c(Cc2ccco2)nc2c(Cc3ccccc3)nc(-c3ccccc3)cn12.CN(CCN1CCOCC1)C(=O)Oc1c(Cc2ccco2)nc2c(Cc3ccccc3)nc(-c3ccccc3)cn12. The fourth-order valence-electron chi connectivity index (χ4n) is 15.5. The molecular formula is C99H105N15O12. The van der Waals surface area contributed by atoms with Crippen LogP contribution in [0.3, 0.4) is 0 Å². The number of hydrogen-bond donors (Lipinski definition) is 0. The zero-order chi connectivity index (χ0) is 86.2. The summed E-state index contributed by atoms with van der Waals surface area (Å²) < 4.78 is 57.2. The third-order valence-electron chi connectivity index (χ3n) is 22.5. The Morgan fingerprint density at radius 1 is 0.310 bits per heavy atom. The molecule has 3 amide bonds. The number of benzene rings is 6. The molecule has 126 heavy (non-hydrogen) atoms. The van der Waals surface area contributed by atoms with E-state index in [9.17, 15) is 14.4 Å². The van der Waals surface area contributed by atoms with Gasteiger partial charge >= 0.3 is 18.3 Å². The lowest BCUT2D eigenvalue weighted by Gasteiger charge is -2.28. The van der Waals surface area contributed by atoms with E-state index in [4.69, 9.17) is 71.6 Å². The number of furan rings is 3. The molecule has 15 aromatic rings.